The number of halogens is 1. The van der Waals surface area contributed by atoms with E-state index in [-0.39, 0.29) is 23.1 Å². The molecule has 2 aromatic rings. The van der Waals surface area contributed by atoms with Crippen LogP contribution in [0.5, 0.6) is 0 Å². The predicted octanol–water partition coefficient (Wildman–Crippen LogP) is 1.89. The number of hydrogen-bond acceptors (Lipinski definition) is 5. The molecule has 1 aromatic carbocycles. The van der Waals surface area contributed by atoms with E-state index >= 15 is 0 Å². The summed E-state index contributed by atoms with van der Waals surface area (Å²) in [5, 5.41) is 4.26. The summed E-state index contributed by atoms with van der Waals surface area (Å²) in [6, 6.07) is 7.82. The average Bonchev–Trinajstić information content (AvgIpc) is 3.07. The highest BCUT2D eigenvalue weighted by atomic mass is 32.2. The first kappa shape index (κ1) is 19.4. The number of nitrogens with one attached hydrogen (secondary N) is 1. The van der Waals surface area contributed by atoms with Gasteiger partial charge in [0.15, 0.2) is 0 Å². The Morgan fingerprint density at radius 2 is 1.96 bits per heavy atom. The Hall–Kier alpha value is -1.97. The lowest BCUT2D eigenvalue weighted by molar-refractivity contribution is -0.121. The van der Waals surface area contributed by atoms with E-state index in [1.165, 1.54) is 19.2 Å². The monoisotopic (exact) mass is 385 g/mol. The fourth-order valence-corrected chi connectivity index (χ4v) is 4.46. The van der Waals surface area contributed by atoms with E-state index in [1.54, 1.807) is 42.6 Å². The zero-order valence-electron chi connectivity index (χ0n) is 14.2. The van der Waals surface area contributed by atoms with Gasteiger partial charge in [-0.2, -0.15) is 4.31 Å². The minimum Gasteiger partial charge on any atom is -0.375 e. The molecule has 2 rings (SSSR count). The van der Waals surface area contributed by atoms with Gasteiger partial charge in [-0.15, -0.1) is 11.3 Å². The number of sulfonamides is 1. The highest BCUT2D eigenvalue weighted by Crippen LogP contribution is 2.20. The number of likely N-dealkylation sites (N-methyl/N-ethyl adjacent to an activating group) is 1. The molecular formula is C16H20FN3O3S2. The molecular weight excluding hydrogens is 365 g/mol. The SMILES string of the molecule is CN(C)c1ccc(CNC(=O)CN(C)S(=O)(=O)c2cccs2)cc1F. The molecule has 0 aliphatic carbocycles. The van der Waals surface area contributed by atoms with Gasteiger partial charge in [-0.05, 0) is 29.1 Å². The van der Waals surface area contributed by atoms with Crippen LogP contribution in [0.15, 0.2) is 39.9 Å². The van der Waals surface area contributed by atoms with Crippen molar-refractivity contribution in [3.8, 4) is 0 Å². The van der Waals surface area contributed by atoms with Crippen molar-refractivity contribution in [3.63, 3.8) is 0 Å². The second kappa shape index (κ2) is 7.94. The maximum absolute atomic E-state index is 13.9. The van der Waals surface area contributed by atoms with Crippen molar-refractivity contribution in [1.82, 2.24) is 9.62 Å². The van der Waals surface area contributed by atoms with Crippen LogP contribution in [-0.2, 0) is 21.4 Å². The Kier molecular flexibility index (Phi) is 6.15. The number of anilines is 1. The summed E-state index contributed by atoms with van der Waals surface area (Å²) in [5.74, 6) is -0.839. The quantitative estimate of drug-likeness (QED) is 0.790. The Morgan fingerprint density at radius 3 is 2.52 bits per heavy atom. The van der Waals surface area contributed by atoms with Crippen LogP contribution in [0.4, 0.5) is 10.1 Å². The molecule has 0 atom stereocenters. The van der Waals surface area contributed by atoms with Crippen molar-refractivity contribution in [1.29, 1.82) is 0 Å². The van der Waals surface area contributed by atoms with E-state index in [9.17, 15) is 17.6 Å². The first-order valence-corrected chi connectivity index (χ1v) is 9.76. The second-order valence-corrected chi connectivity index (χ2v) is 8.87. The molecule has 0 unspecified atom stereocenters. The number of hydrogen-bond donors (Lipinski definition) is 1. The summed E-state index contributed by atoms with van der Waals surface area (Å²) >= 11 is 1.09. The standard InChI is InChI=1S/C16H20FN3O3S2/c1-19(2)14-7-6-12(9-13(14)17)10-18-15(21)11-20(3)25(22,23)16-5-4-8-24-16/h4-9H,10-11H2,1-3H3,(H,18,21). The van der Waals surface area contributed by atoms with Crippen molar-refractivity contribution in [2.24, 2.45) is 0 Å². The smallest absolute Gasteiger partial charge is 0.252 e. The number of nitrogens with zero attached hydrogens (tertiary/aromatic N) is 2. The molecule has 1 heterocycles. The van der Waals surface area contributed by atoms with Crippen LogP contribution in [0.1, 0.15) is 5.56 Å². The molecule has 136 valence electrons. The lowest BCUT2D eigenvalue weighted by atomic mass is 10.2. The van der Waals surface area contributed by atoms with E-state index in [2.05, 4.69) is 5.32 Å². The molecule has 1 amide bonds. The molecule has 0 aliphatic rings. The molecule has 0 spiro atoms. The van der Waals surface area contributed by atoms with Gasteiger partial charge in [0.1, 0.15) is 10.0 Å². The third-order valence-electron chi connectivity index (χ3n) is 3.51. The number of benzene rings is 1. The molecule has 0 radical (unpaired) electrons. The van der Waals surface area contributed by atoms with Crippen LogP contribution >= 0.6 is 11.3 Å². The summed E-state index contributed by atoms with van der Waals surface area (Å²) in [6.45, 7) is -0.186. The van der Waals surface area contributed by atoms with Crippen molar-refractivity contribution in [2.75, 3.05) is 32.6 Å². The lowest BCUT2D eigenvalue weighted by Crippen LogP contribution is -2.37. The molecule has 1 N–H and O–H groups in total. The van der Waals surface area contributed by atoms with E-state index in [1.807, 2.05) is 0 Å². The van der Waals surface area contributed by atoms with E-state index in [4.69, 9.17) is 0 Å². The molecule has 9 heteroatoms. The van der Waals surface area contributed by atoms with Gasteiger partial charge >= 0.3 is 0 Å². The van der Waals surface area contributed by atoms with Gasteiger partial charge in [0.2, 0.25) is 5.91 Å². The van der Waals surface area contributed by atoms with Gasteiger partial charge in [0, 0.05) is 27.7 Å². The average molecular weight is 385 g/mol. The Balaban J connectivity index is 1.94. The van der Waals surface area contributed by atoms with E-state index < -0.39 is 15.9 Å². The highest BCUT2D eigenvalue weighted by Gasteiger charge is 2.23. The number of amides is 1. The number of carbonyl (C=O) groups is 1. The topological polar surface area (TPSA) is 69.7 Å². The Bertz CT molecular complexity index is 836. The summed E-state index contributed by atoms with van der Waals surface area (Å²) < 4.78 is 39.6. The summed E-state index contributed by atoms with van der Waals surface area (Å²) in [5.41, 5.74) is 1.05. The van der Waals surface area contributed by atoms with Crippen LogP contribution in [0, 0.1) is 5.82 Å². The second-order valence-electron chi connectivity index (χ2n) is 5.65. The van der Waals surface area contributed by atoms with E-state index in [0.717, 1.165) is 15.6 Å². The van der Waals surface area contributed by atoms with Crippen LogP contribution in [0.2, 0.25) is 0 Å². The number of carbonyl (C=O) groups excluding carboxylic acids is 1. The fourth-order valence-electron chi connectivity index (χ4n) is 2.13. The van der Waals surface area contributed by atoms with Gasteiger partial charge in [-0.25, -0.2) is 12.8 Å². The van der Waals surface area contributed by atoms with E-state index in [0.29, 0.717) is 11.3 Å². The zero-order valence-corrected chi connectivity index (χ0v) is 15.8. The minimum atomic E-state index is -3.67. The first-order valence-electron chi connectivity index (χ1n) is 7.44. The third-order valence-corrected chi connectivity index (χ3v) is 6.69. The zero-order chi connectivity index (χ0) is 18.6. The van der Waals surface area contributed by atoms with Crippen molar-refractivity contribution in [3.05, 3.63) is 47.1 Å². The number of rotatable bonds is 7. The summed E-state index contributed by atoms with van der Waals surface area (Å²) in [7, 11) is 1.16. The first-order chi connectivity index (χ1) is 11.7. The van der Waals surface area contributed by atoms with Crippen molar-refractivity contribution < 1.29 is 17.6 Å². The Labute approximate surface area is 150 Å². The molecule has 0 saturated heterocycles. The van der Waals surface area contributed by atoms with Crippen LogP contribution in [-0.4, -0.2) is 46.3 Å². The molecule has 6 nitrogen and oxygen atoms in total. The van der Waals surface area contributed by atoms with Crippen LogP contribution < -0.4 is 10.2 Å². The van der Waals surface area contributed by atoms with Gasteiger partial charge in [-0.1, -0.05) is 12.1 Å². The lowest BCUT2D eigenvalue weighted by Gasteiger charge is -2.16. The van der Waals surface area contributed by atoms with Gasteiger partial charge in [-0.3, -0.25) is 4.79 Å². The van der Waals surface area contributed by atoms with Crippen LogP contribution in [0.3, 0.4) is 0 Å². The van der Waals surface area contributed by atoms with Crippen molar-refractivity contribution >= 4 is 33.0 Å². The number of thiophene rings is 1. The molecule has 1 aromatic heterocycles. The fraction of sp³-hybridized carbons (Fsp3) is 0.312. The molecule has 0 fully saturated rings. The molecule has 0 saturated carbocycles. The third kappa shape index (κ3) is 4.77. The van der Waals surface area contributed by atoms with Crippen molar-refractivity contribution in [2.45, 2.75) is 10.8 Å². The molecule has 0 aliphatic heterocycles. The van der Waals surface area contributed by atoms with Crippen LogP contribution in [0.25, 0.3) is 0 Å². The predicted molar refractivity (Wildman–Crippen MR) is 96.7 cm³/mol. The summed E-state index contributed by atoms with van der Waals surface area (Å²) in [6.07, 6.45) is 0. The largest absolute Gasteiger partial charge is 0.375 e. The maximum Gasteiger partial charge on any atom is 0.252 e. The maximum atomic E-state index is 13.9. The normalized spacial score (nSPS) is 11.6. The Morgan fingerprint density at radius 1 is 1.24 bits per heavy atom. The minimum absolute atomic E-state index is 0.121. The van der Waals surface area contributed by atoms with Gasteiger partial charge < -0.3 is 10.2 Å². The molecule has 25 heavy (non-hydrogen) atoms. The van der Waals surface area contributed by atoms with Gasteiger partial charge in [0.25, 0.3) is 10.0 Å². The van der Waals surface area contributed by atoms with Gasteiger partial charge in [0.05, 0.1) is 12.2 Å². The molecule has 0 bridgehead atoms. The summed E-state index contributed by atoms with van der Waals surface area (Å²) in [4.78, 5) is 13.6. The highest BCUT2D eigenvalue weighted by molar-refractivity contribution is 7.91.